The number of aliphatic hydroxyl groups is 1. The number of hydrogen-bond donors (Lipinski definition) is 3. The van der Waals surface area contributed by atoms with E-state index in [4.69, 9.17) is 9.47 Å². The Kier molecular flexibility index (Phi) is 7.44. The predicted octanol–water partition coefficient (Wildman–Crippen LogP) is 4.36. The normalized spacial score (nSPS) is 11.9. The zero-order chi connectivity index (χ0) is 23.9. The van der Waals surface area contributed by atoms with Gasteiger partial charge < -0.3 is 24.9 Å². The Balaban J connectivity index is 1.58. The molecule has 0 aliphatic rings. The molecule has 0 saturated carbocycles. The number of benzene rings is 2. The highest BCUT2D eigenvalue weighted by molar-refractivity contribution is 5.98. The number of hydrogen-bond acceptors (Lipinski definition) is 5. The molecule has 34 heavy (non-hydrogen) atoms. The molecule has 4 aromatic rings. The molecule has 2 heterocycles. The number of carbonyl (C=O) groups is 1. The lowest BCUT2D eigenvalue weighted by Crippen LogP contribution is -2.39. The van der Waals surface area contributed by atoms with Crippen molar-refractivity contribution in [3.05, 3.63) is 78.1 Å². The number of ether oxygens (including phenoxy) is 2. The SMILES string of the molecule is CCCOc1ccc(-c2ccc(OC)nc2)cc1C(=O)NC(CO)Cc1c[nH]c2ccccc12. The lowest BCUT2D eigenvalue weighted by molar-refractivity contribution is 0.0912. The van der Waals surface area contributed by atoms with E-state index in [-0.39, 0.29) is 12.5 Å². The fourth-order valence-electron chi connectivity index (χ4n) is 3.89. The lowest BCUT2D eigenvalue weighted by atomic mass is 10.0. The fourth-order valence-corrected chi connectivity index (χ4v) is 3.89. The maximum atomic E-state index is 13.3. The van der Waals surface area contributed by atoms with Crippen LogP contribution in [0.3, 0.4) is 0 Å². The molecule has 2 aromatic heterocycles. The van der Waals surface area contributed by atoms with Crippen molar-refractivity contribution < 1.29 is 19.4 Å². The number of H-pyrrole nitrogens is 1. The van der Waals surface area contributed by atoms with Gasteiger partial charge in [0.1, 0.15) is 5.75 Å². The third-order valence-electron chi connectivity index (χ3n) is 5.66. The second kappa shape index (κ2) is 10.9. The Hall–Kier alpha value is -3.84. The molecule has 2 aromatic carbocycles. The van der Waals surface area contributed by atoms with Gasteiger partial charge in [0.05, 0.1) is 31.9 Å². The molecular formula is C27H29N3O4. The first-order valence-electron chi connectivity index (χ1n) is 11.4. The van der Waals surface area contributed by atoms with Gasteiger partial charge in [-0.05, 0) is 48.2 Å². The molecule has 7 heteroatoms. The first-order chi connectivity index (χ1) is 16.6. The standard InChI is InChI=1S/C27H29N3O4/c1-3-12-34-25-10-8-18(19-9-11-26(33-2)29-15-19)14-23(25)27(32)30-21(17-31)13-20-16-28-24-7-5-4-6-22(20)24/h4-11,14-16,21,28,31H,3,12-13,17H2,1-2H3,(H,30,32). The summed E-state index contributed by atoms with van der Waals surface area (Å²) in [6, 6.07) is 16.7. The minimum absolute atomic E-state index is 0.182. The van der Waals surface area contributed by atoms with Gasteiger partial charge in [-0.15, -0.1) is 0 Å². The molecule has 1 atom stereocenters. The zero-order valence-corrected chi connectivity index (χ0v) is 19.4. The van der Waals surface area contributed by atoms with E-state index in [2.05, 4.69) is 15.3 Å². The Morgan fingerprint density at radius 2 is 1.97 bits per heavy atom. The van der Waals surface area contributed by atoms with E-state index in [1.54, 1.807) is 31.5 Å². The van der Waals surface area contributed by atoms with Crippen LogP contribution < -0.4 is 14.8 Å². The molecule has 0 spiro atoms. The number of aliphatic hydroxyl groups excluding tert-OH is 1. The first-order valence-corrected chi connectivity index (χ1v) is 11.4. The van der Waals surface area contributed by atoms with Gasteiger partial charge in [0, 0.05) is 34.9 Å². The lowest BCUT2D eigenvalue weighted by Gasteiger charge is -2.18. The van der Waals surface area contributed by atoms with Crippen LogP contribution in [0.1, 0.15) is 29.3 Å². The maximum Gasteiger partial charge on any atom is 0.255 e. The number of para-hydroxylation sites is 1. The van der Waals surface area contributed by atoms with Gasteiger partial charge in [0.25, 0.3) is 5.91 Å². The average Bonchev–Trinajstić information content (AvgIpc) is 3.29. The summed E-state index contributed by atoms with van der Waals surface area (Å²) < 4.78 is 11.0. The highest BCUT2D eigenvalue weighted by atomic mass is 16.5. The molecule has 0 radical (unpaired) electrons. The topological polar surface area (TPSA) is 96.5 Å². The van der Waals surface area contributed by atoms with Crippen molar-refractivity contribution >= 4 is 16.8 Å². The highest BCUT2D eigenvalue weighted by Gasteiger charge is 2.19. The first kappa shape index (κ1) is 23.3. The minimum atomic E-state index is -0.447. The van der Waals surface area contributed by atoms with Crippen molar-refractivity contribution in [1.29, 1.82) is 0 Å². The molecule has 1 unspecified atom stereocenters. The van der Waals surface area contributed by atoms with Crippen LogP contribution in [-0.2, 0) is 6.42 Å². The van der Waals surface area contributed by atoms with Crippen LogP contribution in [0.5, 0.6) is 11.6 Å². The van der Waals surface area contributed by atoms with E-state index in [0.717, 1.165) is 34.0 Å². The summed E-state index contributed by atoms with van der Waals surface area (Å²) >= 11 is 0. The van der Waals surface area contributed by atoms with E-state index in [1.807, 2.05) is 49.5 Å². The number of amides is 1. The van der Waals surface area contributed by atoms with E-state index in [1.165, 1.54) is 0 Å². The summed E-state index contributed by atoms with van der Waals surface area (Å²) in [6.45, 7) is 2.33. The predicted molar refractivity (Wildman–Crippen MR) is 132 cm³/mol. The van der Waals surface area contributed by atoms with Crippen molar-refractivity contribution in [2.75, 3.05) is 20.3 Å². The molecule has 3 N–H and O–H groups in total. The maximum absolute atomic E-state index is 13.3. The van der Waals surface area contributed by atoms with Gasteiger partial charge in [0.2, 0.25) is 5.88 Å². The summed E-state index contributed by atoms with van der Waals surface area (Å²) in [6.07, 6.45) is 4.95. The monoisotopic (exact) mass is 459 g/mol. The van der Waals surface area contributed by atoms with Gasteiger partial charge in [0.15, 0.2) is 0 Å². The number of rotatable bonds is 10. The zero-order valence-electron chi connectivity index (χ0n) is 19.4. The summed E-state index contributed by atoms with van der Waals surface area (Å²) in [5, 5.41) is 14.1. The molecule has 176 valence electrons. The van der Waals surface area contributed by atoms with Crippen molar-refractivity contribution in [1.82, 2.24) is 15.3 Å². The number of aromatic nitrogens is 2. The Labute approximate surface area is 198 Å². The molecule has 0 saturated heterocycles. The van der Waals surface area contributed by atoms with Crippen LogP contribution in [0.2, 0.25) is 0 Å². The molecule has 0 aliphatic carbocycles. The third-order valence-corrected chi connectivity index (χ3v) is 5.66. The van der Waals surface area contributed by atoms with Crippen LogP contribution >= 0.6 is 0 Å². The highest BCUT2D eigenvalue weighted by Crippen LogP contribution is 2.28. The minimum Gasteiger partial charge on any atom is -0.493 e. The van der Waals surface area contributed by atoms with E-state index in [0.29, 0.717) is 30.2 Å². The Bertz CT molecular complexity index is 1250. The second-order valence-electron chi connectivity index (χ2n) is 8.07. The van der Waals surface area contributed by atoms with Crippen LogP contribution in [0.25, 0.3) is 22.0 Å². The molecule has 0 fully saturated rings. The van der Waals surface area contributed by atoms with Gasteiger partial charge in [-0.2, -0.15) is 0 Å². The van der Waals surface area contributed by atoms with Crippen LogP contribution in [0.4, 0.5) is 0 Å². The summed E-state index contributed by atoms with van der Waals surface area (Å²) in [4.78, 5) is 20.8. The number of nitrogens with one attached hydrogen (secondary N) is 2. The Morgan fingerprint density at radius 1 is 1.15 bits per heavy atom. The van der Waals surface area contributed by atoms with Crippen LogP contribution in [0.15, 0.2) is 67.0 Å². The number of pyridine rings is 1. The van der Waals surface area contributed by atoms with E-state index < -0.39 is 6.04 Å². The van der Waals surface area contributed by atoms with Crippen LogP contribution in [-0.4, -0.2) is 47.3 Å². The number of methoxy groups -OCH3 is 1. The summed E-state index contributed by atoms with van der Waals surface area (Å²) in [5.41, 5.74) is 4.17. The smallest absolute Gasteiger partial charge is 0.255 e. The molecular weight excluding hydrogens is 430 g/mol. The van der Waals surface area contributed by atoms with Gasteiger partial charge in [-0.3, -0.25) is 4.79 Å². The molecule has 0 bridgehead atoms. The van der Waals surface area contributed by atoms with Crippen molar-refractivity contribution in [2.45, 2.75) is 25.8 Å². The van der Waals surface area contributed by atoms with Gasteiger partial charge in [-0.25, -0.2) is 4.98 Å². The van der Waals surface area contributed by atoms with Crippen molar-refractivity contribution in [3.8, 4) is 22.8 Å². The second-order valence-corrected chi connectivity index (χ2v) is 8.07. The number of aromatic amines is 1. The van der Waals surface area contributed by atoms with E-state index >= 15 is 0 Å². The van der Waals surface area contributed by atoms with Crippen molar-refractivity contribution in [3.63, 3.8) is 0 Å². The quantitative estimate of drug-likeness (QED) is 0.327. The van der Waals surface area contributed by atoms with Gasteiger partial charge in [-0.1, -0.05) is 31.2 Å². The number of fused-ring (bicyclic) bond motifs is 1. The Morgan fingerprint density at radius 3 is 2.71 bits per heavy atom. The molecule has 4 rings (SSSR count). The average molecular weight is 460 g/mol. The third kappa shape index (κ3) is 5.21. The summed E-state index contributed by atoms with van der Waals surface area (Å²) in [7, 11) is 1.57. The molecule has 0 aliphatic heterocycles. The van der Waals surface area contributed by atoms with Crippen molar-refractivity contribution in [2.24, 2.45) is 0 Å². The van der Waals surface area contributed by atoms with E-state index in [9.17, 15) is 9.90 Å². The molecule has 7 nitrogen and oxygen atoms in total. The molecule has 1 amide bonds. The van der Waals surface area contributed by atoms with Crippen LogP contribution in [0, 0.1) is 0 Å². The number of carbonyl (C=O) groups excluding carboxylic acids is 1. The largest absolute Gasteiger partial charge is 0.493 e. The number of nitrogens with zero attached hydrogens (tertiary/aromatic N) is 1. The van der Waals surface area contributed by atoms with Gasteiger partial charge >= 0.3 is 0 Å². The summed E-state index contributed by atoms with van der Waals surface area (Å²) in [5.74, 6) is 0.731. The fraction of sp³-hybridized carbons (Fsp3) is 0.259.